The molecule has 3 aromatic rings. The Bertz CT molecular complexity index is 729. The summed E-state index contributed by atoms with van der Waals surface area (Å²) < 4.78 is 10.6. The molecule has 0 bridgehead atoms. The summed E-state index contributed by atoms with van der Waals surface area (Å²) in [4.78, 5) is 12.2. The Morgan fingerprint density at radius 2 is 1.95 bits per heavy atom. The Labute approximate surface area is 129 Å². The molecule has 2 heterocycles. The molecule has 0 saturated heterocycles. The number of nitrogens with zero attached hydrogens (tertiary/aromatic N) is 4. The molecular formula is C13H8Cl2N4O2. The SMILES string of the molecule is Clc1cccc(Cl)c1OCc1nc(-c2cnccn2)no1. The monoisotopic (exact) mass is 322 g/mol. The zero-order valence-corrected chi connectivity index (χ0v) is 12.0. The maximum atomic E-state index is 6.00. The van der Waals surface area contributed by atoms with Crippen molar-refractivity contribution in [2.24, 2.45) is 0 Å². The van der Waals surface area contributed by atoms with Crippen molar-refractivity contribution >= 4 is 23.2 Å². The average Bonchev–Trinajstić information content (AvgIpc) is 2.97. The van der Waals surface area contributed by atoms with E-state index in [1.54, 1.807) is 36.8 Å². The zero-order valence-electron chi connectivity index (χ0n) is 10.5. The predicted molar refractivity (Wildman–Crippen MR) is 76.1 cm³/mol. The molecule has 106 valence electrons. The summed E-state index contributed by atoms with van der Waals surface area (Å²) in [5.74, 6) is 0.999. The van der Waals surface area contributed by atoms with Gasteiger partial charge in [0, 0.05) is 12.4 Å². The Morgan fingerprint density at radius 1 is 1.14 bits per heavy atom. The zero-order chi connectivity index (χ0) is 14.7. The van der Waals surface area contributed by atoms with E-state index in [-0.39, 0.29) is 12.5 Å². The molecule has 0 N–H and O–H groups in total. The van der Waals surface area contributed by atoms with Gasteiger partial charge in [0.2, 0.25) is 5.82 Å². The molecule has 0 atom stereocenters. The number of benzene rings is 1. The van der Waals surface area contributed by atoms with E-state index >= 15 is 0 Å². The van der Waals surface area contributed by atoms with E-state index < -0.39 is 0 Å². The van der Waals surface area contributed by atoms with Crippen LogP contribution in [0.2, 0.25) is 10.0 Å². The van der Waals surface area contributed by atoms with Crippen LogP contribution >= 0.6 is 23.2 Å². The first kappa shape index (κ1) is 13.8. The molecule has 0 fully saturated rings. The van der Waals surface area contributed by atoms with E-state index in [4.69, 9.17) is 32.5 Å². The summed E-state index contributed by atoms with van der Waals surface area (Å²) in [5.41, 5.74) is 0.517. The number of para-hydroxylation sites is 1. The predicted octanol–water partition coefficient (Wildman–Crippen LogP) is 3.41. The van der Waals surface area contributed by atoms with Crippen LogP contribution in [-0.4, -0.2) is 20.1 Å². The first-order valence-electron chi connectivity index (χ1n) is 5.90. The Balaban J connectivity index is 1.74. The van der Waals surface area contributed by atoms with Crippen molar-refractivity contribution in [3.63, 3.8) is 0 Å². The van der Waals surface area contributed by atoms with Gasteiger partial charge in [0.15, 0.2) is 12.4 Å². The maximum absolute atomic E-state index is 6.00. The highest BCUT2D eigenvalue weighted by Crippen LogP contribution is 2.32. The van der Waals surface area contributed by atoms with Crippen molar-refractivity contribution in [3.05, 3.63) is 52.7 Å². The van der Waals surface area contributed by atoms with Gasteiger partial charge in [0.25, 0.3) is 5.89 Å². The van der Waals surface area contributed by atoms with Crippen LogP contribution in [0.25, 0.3) is 11.5 Å². The smallest absolute Gasteiger partial charge is 0.264 e. The van der Waals surface area contributed by atoms with Crippen LogP contribution in [0.15, 0.2) is 41.3 Å². The van der Waals surface area contributed by atoms with E-state index in [2.05, 4.69) is 20.1 Å². The molecule has 0 amide bonds. The maximum Gasteiger partial charge on any atom is 0.264 e. The van der Waals surface area contributed by atoms with Crippen LogP contribution < -0.4 is 4.74 Å². The number of rotatable bonds is 4. The molecule has 0 aliphatic heterocycles. The second-order valence-electron chi connectivity index (χ2n) is 3.94. The number of aromatic nitrogens is 4. The minimum atomic E-state index is 0.0523. The largest absolute Gasteiger partial charge is 0.481 e. The molecule has 21 heavy (non-hydrogen) atoms. The lowest BCUT2D eigenvalue weighted by atomic mass is 10.3. The number of hydrogen-bond donors (Lipinski definition) is 0. The van der Waals surface area contributed by atoms with E-state index in [1.807, 2.05) is 0 Å². The lowest BCUT2D eigenvalue weighted by Crippen LogP contribution is -1.97. The van der Waals surface area contributed by atoms with Crippen molar-refractivity contribution in [1.29, 1.82) is 0 Å². The number of hydrogen-bond acceptors (Lipinski definition) is 6. The third kappa shape index (κ3) is 3.12. The summed E-state index contributed by atoms with van der Waals surface area (Å²) in [7, 11) is 0. The second kappa shape index (κ2) is 6.07. The fraction of sp³-hybridized carbons (Fsp3) is 0.0769. The van der Waals surface area contributed by atoms with E-state index in [0.717, 1.165) is 0 Å². The average molecular weight is 323 g/mol. The molecule has 6 nitrogen and oxygen atoms in total. The second-order valence-corrected chi connectivity index (χ2v) is 4.76. The first-order chi connectivity index (χ1) is 10.2. The molecule has 0 aliphatic carbocycles. The van der Waals surface area contributed by atoms with Crippen LogP contribution in [0, 0.1) is 0 Å². The molecule has 0 radical (unpaired) electrons. The van der Waals surface area contributed by atoms with Gasteiger partial charge in [-0.25, -0.2) is 4.98 Å². The molecular weight excluding hydrogens is 315 g/mol. The first-order valence-corrected chi connectivity index (χ1v) is 6.65. The molecule has 1 aromatic carbocycles. The summed E-state index contributed by atoms with van der Waals surface area (Å²) >= 11 is 12.0. The fourth-order valence-electron chi connectivity index (χ4n) is 1.59. The van der Waals surface area contributed by atoms with Crippen molar-refractivity contribution in [2.45, 2.75) is 6.61 Å². The highest BCUT2D eigenvalue weighted by Gasteiger charge is 2.12. The lowest BCUT2D eigenvalue weighted by Gasteiger charge is -2.06. The van der Waals surface area contributed by atoms with Gasteiger partial charge >= 0.3 is 0 Å². The summed E-state index contributed by atoms with van der Waals surface area (Å²) in [5, 5.41) is 4.64. The quantitative estimate of drug-likeness (QED) is 0.732. The topological polar surface area (TPSA) is 73.9 Å². The molecule has 0 saturated carbocycles. The summed E-state index contributed by atoms with van der Waals surface area (Å²) in [6, 6.07) is 5.10. The third-order valence-corrected chi connectivity index (χ3v) is 3.11. The van der Waals surface area contributed by atoms with Gasteiger partial charge in [-0.2, -0.15) is 4.98 Å². The molecule has 0 spiro atoms. The highest BCUT2D eigenvalue weighted by atomic mass is 35.5. The van der Waals surface area contributed by atoms with Gasteiger partial charge in [-0.15, -0.1) is 0 Å². The van der Waals surface area contributed by atoms with Crippen LogP contribution in [0.5, 0.6) is 5.75 Å². The van der Waals surface area contributed by atoms with E-state index in [1.165, 1.54) is 0 Å². The van der Waals surface area contributed by atoms with Gasteiger partial charge < -0.3 is 9.26 Å². The molecule has 0 aliphatic rings. The van der Waals surface area contributed by atoms with Gasteiger partial charge in [-0.3, -0.25) is 4.98 Å². The summed E-state index contributed by atoms with van der Waals surface area (Å²) in [6.07, 6.45) is 4.65. The van der Waals surface area contributed by atoms with Crippen molar-refractivity contribution in [1.82, 2.24) is 20.1 Å². The molecule has 2 aromatic heterocycles. The fourth-order valence-corrected chi connectivity index (χ4v) is 2.09. The number of halogens is 2. The normalized spacial score (nSPS) is 10.6. The Morgan fingerprint density at radius 3 is 2.67 bits per heavy atom. The molecule has 8 heteroatoms. The van der Waals surface area contributed by atoms with Crippen molar-refractivity contribution in [2.75, 3.05) is 0 Å². The van der Waals surface area contributed by atoms with Crippen LogP contribution in [0.3, 0.4) is 0 Å². The van der Waals surface area contributed by atoms with Crippen LogP contribution in [0.1, 0.15) is 5.89 Å². The molecule has 0 unspecified atom stereocenters. The lowest BCUT2D eigenvalue weighted by molar-refractivity contribution is 0.243. The van der Waals surface area contributed by atoms with Crippen LogP contribution in [-0.2, 0) is 6.61 Å². The summed E-state index contributed by atoms with van der Waals surface area (Å²) in [6.45, 7) is 0.0523. The van der Waals surface area contributed by atoms with Crippen molar-refractivity contribution in [3.8, 4) is 17.3 Å². The minimum absolute atomic E-state index is 0.0523. The van der Waals surface area contributed by atoms with Crippen LogP contribution in [0.4, 0.5) is 0 Å². The highest BCUT2D eigenvalue weighted by molar-refractivity contribution is 6.37. The number of ether oxygens (including phenoxy) is 1. The van der Waals surface area contributed by atoms with Gasteiger partial charge in [0.1, 0.15) is 5.69 Å². The van der Waals surface area contributed by atoms with Gasteiger partial charge in [0.05, 0.1) is 16.2 Å². The standard InChI is InChI=1S/C13H8Cl2N4O2/c14-8-2-1-3-9(15)12(8)20-7-11-18-13(19-21-11)10-6-16-4-5-17-10/h1-6H,7H2. The van der Waals surface area contributed by atoms with Gasteiger partial charge in [-0.1, -0.05) is 34.4 Å². The minimum Gasteiger partial charge on any atom is -0.481 e. The molecule has 3 rings (SSSR count). The Hall–Kier alpha value is -2.18. The van der Waals surface area contributed by atoms with E-state index in [9.17, 15) is 0 Å². The van der Waals surface area contributed by atoms with Crippen molar-refractivity contribution < 1.29 is 9.26 Å². The third-order valence-electron chi connectivity index (χ3n) is 2.52. The van der Waals surface area contributed by atoms with Gasteiger partial charge in [-0.05, 0) is 12.1 Å². The van der Waals surface area contributed by atoms with E-state index in [0.29, 0.717) is 27.3 Å². The Kier molecular flexibility index (Phi) is 3.98.